The monoisotopic (exact) mass is 236 g/mol. The molecule has 0 fully saturated rings. The first kappa shape index (κ1) is 12.2. The van der Waals surface area contributed by atoms with Crippen molar-refractivity contribution in [3.05, 3.63) is 28.8 Å². The normalized spacial score (nSPS) is 12.9. The minimum absolute atomic E-state index is 0.0512. The summed E-state index contributed by atoms with van der Waals surface area (Å²) in [5, 5.41) is 9.59. The Hall–Kier alpha value is -0.870. The SMILES string of the molecule is C[C@@H](O)Cc1cc(Cl)ccc1OC(F)F. The second-order valence-electron chi connectivity index (χ2n) is 3.18. The molecule has 15 heavy (non-hydrogen) atoms. The van der Waals surface area contributed by atoms with Gasteiger partial charge in [-0.05, 0) is 30.7 Å². The zero-order chi connectivity index (χ0) is 11.4. The summed E-state index contributed by atoms with van der Waals surface area (Å²) in [6, 6.07) is 4.34. The Labute approximate surface area is 91.4 Å². The fraction of sp³-hybridized carbons (Fsp3) is 0.400. The van der Waals surface area contributed by atoms with Crippen LogP contribution in [0.15, 0.2) is 18.2 Å². The molecular weight excluding hydrogens is 226 g/mol. The predicted molar refractivity (Wildman–Crippen MR) is 53.5 cm³/mol. The maximum absolute atomic E-state index is 12.0. The number of hydrogen-bond acceptors (Lipinski definition) is 2. The standard InChI is InChI=1S/C10H11ClF2O2/c1-6(14)4-7-5-8(11)2-3-9(7)15-10(12)13/h2-3,5-6,10,14H,4H2,1H3/t6-/m1/s1. The summed E-state index contributed by atoms with van der Waals surface area (Å²) in [6.45, 7) is -1.31. The molecule has 0 bridgehead atoms. The molecule has 0 unspecified atom stereocenters. The van der Waals surface area contributed by atoms with Gasteiger partial charge in [-0.1, -0.05) is 11.6 Å². The largest absolute Gasteiger partial charge is 0.435 e. The van der Waals surface area contributed by atoms with Gasteiger partial charge >= 0.3 is 6.61 Å². The molecule has 0 saturated carbocycles. The smallest absolute Gasteiger partial charge is 0.387 e. The highest BCUT2D eigenvalue weighted by Gasteiger charge is 2.11. The zero-order valence-electron chi connectivity index (χ0n) is 8.08. The number of aliphatic hydroxyl groups excluding tert-OH is 1. The van der Waals surface area contributed by atoms with Crippen molar-refractivity contribution in [2.45, 2.75) is 26.1 Å². The molecule has 0 radical (unpaired) electrons. The lowest BCUT2D eigenvalue weighted by atomic mass is 10.1. The van der Waals surface area contributed by atoms with E-state index in [0.717, 1.165) is 0 Å². The number of rotatable bonds is 4. The highest BCUT2D eigenvalue weighted by molar-refractivity contribution is 6.30. The van der Waals surface area contributed by atoms with Gasteiger partial charge in [0, 0.05) is 11.4 Å². The third-order valence-corrected chi connectivity index (χ3v) is 1.99. The summed E-state index contributed by atoms with van der Waals surface area (Å²) in [5.41, 5.74) is 0.470. The molecule has 1 aromatic carbocycles. The molecule has 0 aromatic heterocycles. The van der Waals surface area contributed by atoms with Gasteiger partial charge in [-0.15, -0.1) is 0 Å². The summed E-state index contributed by atoms with van der Waals surface area (Å²) in [4.78, 5) is 0. The van der Waals surface area contributed by atoms with E-state index >= 15 is 0 Å². The van der Waals surface area contributed by atoms with Crippen molar-refractivity contribution in [3.63, 3.8) is 0 Å². The van der Waals surface area contributed by atoms with Gasteiger partial charge in [-0.3, -0.25) is 0 Å². The molecule has 0 amide bonds. The lowest BCUT2D eigenvalue weighted by Crippen LogP contribution is -2.09. The Balaban J connectivity index is 2.92. The van der Waals surface area contributed by atoms with Crippen LogP contribution < -0.4 is 4.74 Å². The van der Waals surface area contributed by atoms with Crippen LogP contribution in [0, 0.1) is 0 Å². The van der Waals surface area contributed by atoms with E-state index in [1.54, 1.807) is 6.92 Å². The first-order chi connectivity index (χ1) is 6.99. The molecular formula is C10H11ClF2O2. The molecule has 0 spiro atoms. The Kier molecular flexibility index (Phi) is 4.29. The van der Waals surface area contributed by atoms with Crippen molar-refractivity contribution >= 4 is 11.6 Å². The van der Waals surface area contributed by atoms with Crippen molar-refractivity contribution in [1.82, 2.24) is 0 Å². The van der Waals surface area contributed by atoms with Gasteiger partial charge < -0.3 is 9.84 Å². The average molecular weight is 237 g/mol. The number of aliphatic hydroxyl groups is 1. The van der Waals surface area contributed by atoms with Gasteiger partial charge in [0.05, 0.1) is 6.10 Å². The minimum atomic E-state index is -2.88. The van der Waals surface area contributed by atoms with Gasteiger partial charge in [0.1, 0.15) is 5.75 Å². The summed E-state index contributed by atoms with van der Waals surface area (Å²) in [5.74, 6) is 0.0512. The maximum atomic E-state index is 12.0. The van der Waals surface area contributed by atoms with Crippen molar-refractivity contribution in [1.29, 1.82) is 0 Å². The third-order valence-electron chi connectivity index (χ3n) is 1.75. The lowest BCUT2D eigenvalue weighted by Gasteiger charge is -2.12. The van der Waals surface area contributed by atoms with Crippen LogP contribution in [0.2, 0.25) is 5.02 Å². The lowest BCUT2D eigenvalue weighted by molar-refractivity contribution is -0.0506. The van der Waals surface area contributed by atoms with E-state index in [9.17, 15) is 8.78 Å². The Bertz CT molecular complexity index is 329. The number of alkyl halides is 2. The van der Waals surface area contributed by atoms with E-state index in [-0.39, 0.29) is 12.2 Å². The number of ether oxygens (including phenoxy) is 1. The molecule has 0 saturated heterocycles. The molecule has 5 heteroatoms. The average Bonchev–Trinajstić information content (AvgIpc) is 2.08. The van der Waals surface area contributed by atoms with E-state index in [2.05, 4.69) is 4.74 Å². The molecule has 1 atom stereocenters. The second-order valence-corrected chi connectivity index (χ2v) is 3.62. The Morgan fingerprint density at radius 3 is 2.67 bits per heavy atom. The molecule has 84 valence electrons. The van der Waals surface area contributed by atoms with Crippen LogP contribution in [0.4, 0.5) is 8.78 Å². The minimum Gasteiger partial charge on any atom is -0.435 e. The van der Waals surface area contributed by atoms with Crippen LogP contribution in [0.3, 0.4) is 0 Å². The molecule has 1 rings (SSSR count). The van der Waals surface area contributed by atoms with Gasteiger partial charge in [0.25, 0.3) is 0 Å². The van der Waals surface area contributed by atoms with E-state index in [0.29, 0.717) is 10.6 Å². The van der Waals surface area contributed by atoms with Gasteiger partial charge in [0.15, 0.2) is 0 Å². The fourth-order valence-corrected chi connectivity index (χ4v) is 1.43. The van der Waals surface area contributed by atoms with E-state index in [1.165, 1.54) is 18.2 Å². The quantitative estimate of drug-likeness (QED) is 0.871. The van der Waals surface area contributed by atoms with E-state index in [1.807, 2.05) is 0 Å². The second kappa shape index (κ2) is 5.28. The third kappa shape index (κ3) is 4.01. The molecule has 0 heterocycles. The van der Waals surface area contributed by atoms with Gasteiger partial charge in [-0.2, -0.15) is 8.78 Å². The topological polar surface area (TPSA) is 29.5 Å². The number of benzene rings is 1. The molecule has 0 aliphatic rings. The van der Waals surface area contributed by atoms with Crippen molar-refractivity contribution in [3.8, 4) is 5.75 Å². The molecule has 2 nitrogen and oxygen atoms in total. The zero-order valence-corrected chi connectivity index (χ0v) is 8.84. The van der Waals surface area contributed by atoms with E-state index < -0.39 is 12.7 Å². The Morgan fingerprint density at radius 1 is 1.47 bits per heavy atom. The van der Waals surface area contributed by atoms with Crippen LogP contribution in [0.25, 0.3) is 0 Å². The van der Waals surface area contributed by atoms with E-state index in [4.69, 9.17) is 16.7 Å². The van der Waals surface area contributed by atoms with Crippen LogP contribution >= 0.6 is 11.6 Å². The van der Waals surface area contributed by atoms with Crippen LogP contribution in [0.1, 0.15) is 12.5 Å². The summed E-state index contributed by atoms with van der Waals surface area (Å²) >= 11 is 5.71. The van der Waals surface area contributed by atoms with Crippen LogP contribution in [-0.4, -0.2) is 17.8 Å². The highest BCUT2D eigenvalue weighted by atomic mass is 35.5. The highest BCUT2D eigenvalue weighted by Crippen LogP contribution is 2.25. The summed E-state index contributed by atoms with van der Waals surface area (Å²) < 4.78 is 28.3. The van der Waals surface area contributed by atoms with Gasteiger partial charge in [0.2, 0.25) is 0 Å². The van der Waals surface area contributed by atoms with Crippen molar-refractivity contribution < 1.29 is 18.6 Å². The molecule has 0 aliphatic carbocycles. The number of halogens is 3. The van der Waals surface area contributed by atoms with Gasteiger partial charge in [-0.25, -0.2) is 0 Å². The van der Waals surface area contributed by atoms with Crippen molar-refractivity contribution in [2.75, 3.05) is 0 Å². The number of hydrogen-bond donors (Lipinski definition) is 1. The molecule has 1 aromatic rings. The summed E-state index contributed by atoms with van der Waals surface area (Å²) in [6.07, 6.45) is -0.411. The van der Waals surface area contributed by atoms with Crippen LogP contribution in [-0.2, 0) is 6.42 Å². The molecule has 1 N–H and O–H groups in total. The fourth-order valence-electron chi connectivity index (χ4n) is 1.24. The predicted octanol–water partition coefficient (Wildman–Crippen LogP) is 2.86. The Morgan fingerprint density at radius 2 is 2.13 bits per heavy atom. The van der Waals surface area contributed by atoms with Crippen molar-refractivity contribution in [2.24, 2.45) is 0 Å². The first-order valence-electron chi connectivity index (χ1n) is 4.40. The maximum Gasteiger partial charge on any atom is 0.387 e. The summed E-state index contributed by atoms with van der Waals surface area (Å²) in [7, 11) is 0. The first-order valence-corrected chi connectivity index (χ1v) is 4.78. The molecule has 0 aliphatic heterocycles. The van der Waals surface area contributed by atoms with Crippen LogP contribution in [0.5, 0.6) is 5.75 Å².